The van der Waals surface area contributed by atoms with Crippen molar-refractivity contribution in [3.05, 3.63) is 77.5 Å². The lowest BCUT2D eigenvalue weighted by Gasteiger charge is -2.21. The number of likely N-dealkylation sites (N-methyl/N-ethyl adjacent to an activating group) is 1. The fraction of sp³-hybridized carbons (Fsp3) is 0.259. The Morgan fingerprint density at radius 3 is 2.51 bits per heavy atom. The Morgan fingerprint density at radius 2 is 1.87 bits per heavy atom. The molecule has 0 saturated heterocycles. The van der Waals surface area contributed by atoms with Crippen LogP contribution in [0, 0.1) is 0 Å². The van der Waals surface area contributed by atoms with Gasteiger partial charge in [-0.1, -0.05) is 6.07 Å². The van der Waals surface area contributed by atoms with Crippen LogP contribution in [0.1, 0.15) is 27.3 Å². The molecule has 0 spiro atoms. The summed E-state index contributed by atoms with van der Waals surface area (Å²) in [7, 11) is -0.0818. The van der Waals surface area contributed by atoms with E-state index in [9.17, 15) is 18.0 Å². The third-order valence-corrected chi connectivity index (χ3v) is 7.98. The first-order valence-electron chi connectivity index (χ1n) is 12.4. The minimum atomic E-state index is -3.37. The van der Waals surface area contributed by atoms with E-state index in [-0.39, 0.29) is 16.7 Å². The summed E-state index contributed by atoms with van der Waals surface area (Å²) < 4.78 is 25.6. The van der Waals surface area contributed by atoms with E-state index in [0.717, 1.165) is 34.3 Å². The van der Waals surface area contributed by atoms with Crippen molar-refractivity contribution in [2.45, 2.75) is 30.2 Å². The Morgan fingerprint density at radius 1 is 1.10 bits per heavy atom. The molecule has 12 heteroatoms. The summed E-state index contributed by atoms with van der Waals surface area (Å²) in [4.78, 5) is 33.1. The molecule has 1 atom stereocenters. The molecule has 0 saturated carbocycles. The van der Waals surface area contributed by atoms with Crippen LogP contribution in [0.15, 0.2) is 59.9 Å². The predicted molar refractivity (Wildman–Crippen MR) is 147 cm³/mol. The van der Waals surface area contributed by atoms with Gasteiger partial charge in [-0.15, -0.1) is 0 Å². The second-order valence-corrected chi connectivity index (χ2v) is 11.4. The molecule has 0 radical (unpaired) electrons. The maximum absolute atomic E-state index is 13.1. The molecule has 5 rings (SSSR count). The molecule has 2 amide bonds. The SMILES string of the molecule is CNC(=O)c1nn(-c2ccc(S(C)(=O)=O)cc2)c2c1CCc1ccc(NC(=O)C(Cc3cnc[nH]3)NC)cc1-2. The summed E-state index contributed by atoms with van der Waals surface area (Å²) in [6.45, 7) is 0. The third kappa shape index (κ3) is 5.20. The number of nitrogens with one attached hydrogen (secondary N) is 4. The number of aromatic amines is 1. The van der Waals surface area contributed by atoms with Crippen LogP contribution in [0.2, 0.25) is 0 Å². The molecule has 0 aliphatic heterocycles. The maximum atomic E-state index is 13.1. The lowest BCUT2D eigenvalue weighted by molar-refractivity contribution is -0.118. The Bertz CT molecular complexity index is 1640. The van der Waals surface area contributed by atoms with Gasteiger partial charge in [-0.3, -0.25) is 9.59 Å². The average Bonchev–Trinajstić information content (AvgIpc) is 3.59. The second kappa shape index (κ2) is 10.5. The van der Waals surface area contributed by atoms with Crippen molar-refractivity contribution in [1.82, 2.24) is 30.4 Å². The van der Waals surface area contributed by atoms with Crippen molar-refractivity contribution in [3.63, 3.8) is 0 Å². The van der Waals surface area contributed by atoms with Gasteiger partial charge < -0.3 is 20.9 Å². The van der Waals surface area contributed by atoms with Crippen molar-refractivity contribution >= 4 is 27.3 Å². The number of fused-ring (bicyclic) bond motifs is 3. The highest BCUT2D eigenvalue weighted by Gasteiger charge is 2.29. The zero-order chi connectivity index (χ0) is 27.7. The molecule has 2 aromatic carbocycles. The first-order valence-corrected chi connectivity index (χ1v) is 14.3. The number of imidazole rings is 1. The predicted octanol–water partition coefficient (Wildman–Crippen LogP) is 1.89. The number of amides is 2. The van der Waals surface area contributed by atoms with Gasteiger partial charge in [0.05, 0.1) is 28.6 Å². The van der Waals surface area contributed by atoms with E-state index in [1.54, 1.807) is 43.4 Å². The van der Waals surface area contributed by atoms with Crippen molar-refractivity contribution < 1.29 is 18.0 Å². The number of hydrogen-bond acceptors (Lipinski definition) is 7. The second-order valence-electron chi connectivity index (χ2n) is 9.42. The molecular weight excluding hydrogens is 518 g/mol. The highest BCUT2D eigenvalue weighted by atomic mass is 32.2. The van der Waals surface area contributed by atoms with Crippen LogP contribution in [0.5, 0.6) is 0 Å². The number of H-pyrrole nitrogens is 1. The number of anilines is 1. The minimum Gasteiger partial charge on any atom is -0.354 e. The number of rotatable bonds is 8. The molecule has 2 heterocycles. The number of nitrogens with zero attached hydrogens (tertiary/aromatic N) is 3. The van der Waals surface area contributed by atoms with Crippen molar-refractivity contribution in [1.29, 1.82) is 0 Å². The zero-order valence-electron chi connectivity index (χ0n) is 21.8. The van der Waals surface area contributed by atoms with Crippen LogP contribution >= 0.6 is 0 Å². The Kier molecular flexibility index (Phi) is 7.06. The molecule has 0 fully saturated rings. The maximum Gasteiger partial charge on any atom is 0.271 e. The van der Waals surface area contributed by atoms with Gasteiger partial charge in [-0.25, -0.2) is 18.1 Å². The van der Waals surface area contributed by atoms with Gasteiger partial charge in [0.15, 0.2) is 15.5 Å². The van der Waals surface area contributed by atoms with Gasteiger partial charge >= 0.3 is 0 Å². The molecule has 11 nitrogen and oxygen atoms in total. The smallest absolute Gasteiger partial charge is 0.271 e. The molecule has 202 valence electrons. The van der Waals surface area contributed by atoms with E-state index < -0.39 is 15.9 Å². The molecule has 1 aliphatic rings. The van der Waals surface area contributed by atoms with Crippen molar-refractivity contribution in [2.24, 2.45) is 0 Å². The first-order chi connectivity index (χ1) is 18.7. The summed E-state index contributed by atoms with van der Waals surface area (Å²) in [5.74, 6) is -0.500. The standard InChI is InChI=1S/C27H29N7O4S/c1-28-23(13-18-14-30-15-31-18)26(35)32-17-6-4-16-5-11-21-24(27(36)29-2)33-34(25(21)22(16)12-17)19-7-9-20(10-8-19)39(3,37)38/h4,6-10,12,14-15,23,28H,5,11,13H2,1-3H3,(H,29,36)(H,30,31)(H,32,35). The van der Waals surface area contributed by atoms with Gasteiger partial charge in [-0.2, -0.15) is 5.10 Å². The summed E-state index contributed by atoms with van der Waals surface area (Å²) in [5.41, 5.74) is 5.82. The Balaban J connectivity index is 1.54. The fourth-order valence-corrected chi connectivity index (χ4v) is 5.44. The molecule has 4 N–H and O–H groups in total. The van der Waals surface area contributed by atoms with E-state index in [4.69, 9.17) is 0 Å². The molecule has 2 aromatic heterocycles. The summed E-state index contributed by atoms with van der Waals surface area (Å²) in [6.07, 6.45) is 6.18. The van der Waals surface area contributed by atoms with E-state index in [1.165, 1.54) is 12.1 Å². The summed E-state index contributed by atoms with van der Waals surface area (Å²) in [5, 5.41) is 13.3. The van der Waals surface area contributed by atoms with Crippen LogP contribution in [0.4, 0.5) is 5.69 Å². The highest BCUT2D eigenvalue weighted by Crippen LogP contribution is 2.38. The van der Waals surface area contributed by atoms with Gasteiger partial charge in [0, 0.05) is 48.4 Å². The number of sulfone groups is 1. The number of carbonyl (C=O) groups excluding carboxylic acids is 2. The van der Waals surface area contributed by atoms with Gasteiger partial charge in [0.1, 0.15) is 0 Å². The van der Waals surface area contributed by atoms with Gasteiger partial charge in [0.2, 0.25) is 5.91 Å². The van der Waals surface area contributed by atoms with Crippen LogP contribution < -0.4 is 16.0 Å². The summed E-state index contributed by atoms with van der Waals surface area (Å²) >= 11 is 0. The van der Waals surface area contributed by atoms with E-state index >= 15 is 0 Å². The first kappa shape index (κ1) is 26.3. The topological polar surface area (TPSA) is 151 Å². The lowest BCUT2D eigenvalue weighted by atomic mass is 9.88. The number of benzene rings is 2. The van der Waals surface area contributed by atoms with Crippen molar-refractivity contribution in [3.8, 4) is 16.9 Å². The third-order valence-electron chi connectivity index (χ3n) is 6.86. The molecule has 4 aromatic rings. The van der Waals surface area contributed by atoms with E-state index in [2.05, 4.69) is 31.0 Å². The monoisotopic (exact) mass is 547 g/mol. The van der Waals surface area contributed by atoms with Gasteiger partial charge in [0.25, 0.3) is 5.91 Å². The number of aromatic nitrogens is 4. The normalized spacial score (nSPS) is 13.3. The Hall–Kier alpha value is -4.29. The van der Waals surface area contributed by atoms with Crippen LogP contribution in [-0.4, -0.2) is 66.4 Å². The molecule has 0 bridgehead atoms. The van der Waals surface area contributed by atoms with E-state index in [0.29, 0.717) is 36.3 Å². The minimum absolute atomic E-state index is 0.193. The highest BCUT2D eigenvalue weighted by molar-refractivity contribution is 7.90. The average molecular weight is 548 g/mol. The molecule has 39 heavy (non-hydrogen) atoms. The number of hydrogen-bond donors (Lipinski definition) is 4. The quantitative estimate of drug-likeness (QED) is 0.263. The fourth-order valence-electron chi connectivity index (χ4n) is 4.81. The molecule has 1 aliphatic carbocycles. The van der Waals surface area contributed by atoms with Gasteiger partial charge in [-0.05, 0) is 61.9 Å². The molecule has 1 unspecified atom stereocenters. The van der Waals surface area contributed by atoms with Crippen LogP contribution in [0.3, 0.4) is 0 Å². The zero-order valence-corrected chi connectivity index (χ0v) is 22.6. The van der Waals surface area contributed by atoms with Crippen LogP contribution in [0.25, 0.3) is 16.9 Å². The Labute approximate surface area is 226 Å². The number of aryl methyl sites for hydroxylation is 1. The summed E-state index contributed by atoms with van der Waals surface area (Å²) in [6, 6.07) is 11.6. The largest absolute Gasteiger partial charge is 0.354 e. The number of carbonyl (C=O) groups is 2. The van der Waals surface area contributed by atoms with Crippen molar-refractivity contribution in [2.75, 3.05) is 25.7 Å². The van der Waals surface area contributed by atoms with E-state index in [1.807, 2.05) is 18.2 Å². The lowest BCUT2D eigenvalue weighted by Crippen LogP contribution is -2.40. The van der Waals surface area contributed by atoms with Crippen LogP contribution in [-0.2, 0) is 33.9 Å². The molecular formula is C27H29N7O4S.